The predicted molar refractivity (Wildman–Crippen MR) is 486 cm³/mol. The van der Waals surface area contributed by atoms with E-state index in [2.05, 4.69) is 45.1 Å². The number of benzene rings is 6. The summed E-state index contributed by atoms with van der Waals surface area (Å²) in [6.45, 7) is 31.8. The van der Waals surface area contributed by atoms with Gasteiger partial charge in [-0.3, -0.25) is 34.0 Å². The number of carbonyl (C=O) groups excluding carboxylic acids is 5. The number of nitrogens with zero attached hydrogens (tertiary/aromatic N) is 11. The molecule has 0 saturated carbocycles. The first-order chi connectivity index (χ1) is 55.7. The number of aliphatic hydroxyl groups excluding tert-OH is 1. The number of anilines is 6. The van der Waals surface area contributed by atoms with E-state index in [9.17, 15) is 62.2 Å². The molecule has 1 fully saturated rings. The van der Waals surface area contributed by atoms with E-state index in [0.717, 1.165) is 43.0 Å². The third kappa shape index (κ3) is 36.9. The number of para-hydroxylation sites is 6. The molecule has 8 N–H and O–H groups in total. The number of amides is 5. The molecule has 7 aliphatic rings. The normalized spacial score (nSPS) is 13.7. The van der Waals surface area contributed by atoms with E-state index in [1.54, 1.807) is 142 Å². The van der Waals surface area contributed by atoms with E-state index >= 15 is 0 Å². The largest absolute Gasteiger partial charge is 1.00 e. The molecule has 690 valence electrons. The molecule has 0 unspecified atom stereocenters. The standard InChI is InChI=1S/C13H16ClNO4S.C13H16N4O4S.C13H18N2O4S.C13H17NO5S.C13H17NO2.C8H9N.C4H8O.C2HBO2.4CH4.N3.H3N.Na/c1-13(2,3)19-12(16)15-8-7-9-5-4-6-10(11(9)15)20(14,17)18;1-13(2,3)21-12(18)17-8-7-9-5-4-6-10(11(9)17)22(19,20)16-15-14;1-13(2,3)19-12(16)15-8-7-9-5-4-6-10(11(9)15)20(14,17)18;1-13(2,3)19-12(15)14-8-7-9-5-4-6-10(11(9)14)20(16,17)18;1-13(2,3)16-12(15)14-9-8-10-6-4-5-7-11(10)14;1-2-4-8-7(3-1)5-6-9-8;1-2-4-5-3-1;4-2-1-3-5;;;;;1-3-2;;/h4-6H,7-8H2,1-3H3;4-6H,7-8H2,1-3H3;4-6H,7-8H2,1-3H3,(H2,14,17,18);4-6H,7-8H2,1-3H3,(H,16,17,18);4-7H,8-9H2,1-3H3;1-4,9H,5-6H2;1-4H2;4H;4*1H4;;1H3;/q;;;;;;;;;;;;-1;;+1. The molecule has 7 aliphatic heterocycles. The third-order valence-corrected chi connectivity index (χ3v) is 21.1. The van der Waals surface area contributed by atoms with Crippen LogP contribution < -0.4 is 70.7 Å². The van der Waals surface area contributed by atoms with Crippen LogP contribution >= 0.6 is 10.7 Å². The Hall–Kier alpha value is -9.76. The van der Waals surface area contributed by atoms with Crippen molar-refractivity contribution in [3.8, 4) is 11.9 Å². The van der Waals surface area contributed by atoms with Crippen molar-refractivity contribution in [1.29, 1.82) is 0 Å². The molecule has 0 aliphatic carbocycles. The van der Waals surface area contributed by atoms with Crippen LogP contribution in [0, 0.1) is 11.9 Å². The van der Waals surface area contributed by atoms with E-state index < -0.39 is 91.6 Å². The van der Waals surface area contributed by atoms with Crippen LogP contribution in [-0.4, -0.2) is 161 Å². The van der Waals surface area contributed by atoms with Gasteiger partial charge in [-0.05, 0) is 231 Å². The maximum absolute atomic E-state index is 12.3. The molecule has 5 amide bonds. The van der Waals surface area contributed by atoms with Crippen molar-refractivity contribution in [2.75, 3.05) is 82.3 Å². The smallest absolute Gasteiger partial charge is 0.384 e. The van der Waals surface area contributed by atoms with Gasteiger partial charge in [-0.15, -0.1) is 0 Å². The number of primary sulfonamides is 1. The number of ether oxygens (including phenoxy) is 6. The summed E-state index contributed by atoms with van der Waals surface area (Å²) < 4.78 is 146. The number of sulfonamides is 2. The molecule has 13 rings (SSSR count). The molecule has 6 aromatic carbocycles. The van der Waals surface area contributed by atoms with Gasteiger partial charge in [0.25, 0.3) is 29.2 Å². The number of rotatable bonds is 5. The van der Waals surface area contributed by atoms with Crippen LogP contribution in [0.1, 0.15) is 180 Å². The molecular weight excluding hydrogens is 1740 g/mol. The molecule has 0 aromatic heterocycles. The van der Waals surface area contributed by atoms with Crippen LogP contribution in [0.15, 0.2) is 145 Å². The Morgan fingerprint density at radius 2 is 0.778 bits per heavy atom. The van der Waals surface area contributed by atoms with Gasteiger partial charge in [0.05, 0.1) is 33.3 Å². The second-order valence-corrected chi connectivity index (χ2v) is 38.8. The number of fused-ring (bicyclic) bond motifs is 6. The van der Waals surface area contributed by atoms with Gasteiger partial charge >= 0.3 is 88.9 Å². The summed E-state index contributed by atoms with van der Waals surface area (Å²) in [6, 6.07) is 35.2. The zero-order valence-electron chi connectivity index (χ0n) is 71.2. The van der Waals surface area contributed by atoms with Crippen molar-refractivity contribution < 1.29 is 130 Å². The fourth-order valence-electron chi connectivity index (χ4n) is 12.2. The summed E-state index contributed by atoms with van der Waals surface area (Å²) in [7, 11) is -10.6. The summed E-state index contributed by atoms with van der Waals surface area (Å²) >= 11 is 0. The average Bonchev–Trinajstić information content (AvgIpc) is 1.62. The number of carbonyl (C=O) groups is 5. The number of hydrogen-bond donors (Lipinski definition) is 5. The fourth-order valence-corrected chi connectivity index (χ4v) is 15.8. The molecule has 0 bridgehead atoms. The maximum atomic E-state index is 12.3. The summed E-state index contributed by atoms with van der Waals surface area (Å²) in [5, 5.41) is 16.0. The molecule has 126 heavy (non-hydrogen) atoms. The van der Waals surface area contributed by atoms with Crippen LogP contribution in [0.25, 0.3) is 26.4 Å². The van der Waals surface area contributed by atoms with Crippen LogP contribution in [0.2, 0.25) is 0 Å². The molecule has 43 heteroatoms. The van der Waals surface area contributed by atoms with Gasteiger partial charge in [-0.25, -0.2) is 54.4 Å². The zero-order chi connectivity index (χ0) is 90.2. The summed E-state index contributed by atoms with van der Waals surface area (Å²) in [5.41, 5.74) is 27.8. The number of nitrogens with two attached hydrogens (primary N) is 1. The van der Waals surface area contributed by atoms with Gasteiger partial charge in [-0.1, -0.05) is 115 Å². The number of azide groups is 1. The molecule has 6 aromatic rings. The first-order valence-electron chi connectivity index (χ1n) is 37.5. The first kappa shape index (κ1) is 118. The van der Waals surface area contributed by atoms with Gasteiger partial charge in [0.2, 0.25) is 10.0 Å². The molecular formula is C83H121BClN14NaO22S4. The van der Waals surface area contributed by atoms with Crippen molar-refractivity contribution in [1.82, 2.24) is 6.15 Å². The molecule has 0 spiro atoms. The summed E-state index contributed by atoms with van der Waals surface area (Å²) in [5.74, 6) is 1.74. The third-order valence-electron chi connectivity index (χ3n) is 16.7. The molecule has 0 radical (unpaired) electrons. The quantitative estimate of drug-likeness (QED) is 0.0156. The van der Waals surface area contributed by atoms with Gasteiger partial charge < -0.3 is 51.0 Å². The Bertz CT molecular complexity index is 5020. The van der Waals surface area contributed by atoms with Gasteiger partial charge in [0, 0.05) is 78.3 Å². The van der Waals surface area contributed by atoms with E-state index in [1.165, 1.54) is 91.0 Å². The Morgan fingerprint density at radius 3 is 1.10 bits per heavy atom. The maximum Gasteiger partial charge on any atom is 1.00 e. The number of nitrogens with one attached hydrogen (secondary N) is 1. The first-order valence-corrected chi connectivity index (χ1v) is 44.3. The predicted octanol–water partition coefficient (Wildman–Crippen LogP) is 15.1. The van der Waals surface area contributed by atoms with E-state index in [-0.39, 0.29) is 102 Å². The molecule has 1 saturated heterocycles. The second kappa shape index (κ2) is 51.3. The molecule has 0 atom stereocenters. The topological polar surface area (TPSA) is 532 Å². The van der Waals surface area contributed by atoms with Crippen LogP contribution in [0.5, 0.6) is 0 Å². The van der Waals surface area contributed by atoms with Crippen LogP contribution in [-0.2, 0) is 111 Å². The van der Waals surface area contributed by atoms with Crippen molar-refractivity contribution >= 4 is 122 Å². The van der Waals surface area contributed by atoms with Crippen LogP contribution in [0.3, 0.4) is 0 Å². The number of hydrogen-bond acceptors (Lipinski definition) is 23. The van der Waals surface area contributed by atoms with Crippen molar-refractivity contribution in [3.05, 3.63) is 181 Å². The summed E-state index contributed by atoms with van der Waals surface area (Å²) in [4.78, 5) is 70.8. The molecule has 7 heterocycles. The van der Waals surface area contributed by atoms with Gasteiger partial charge in [0.15, 0.2) is 0 Å². The summed E-state index contributed by atoms with van der Waals surface area (Å²) in [6.07, 6.45) is 5.62. The van der Waals surface area contributed by atoms with Gasteiger partial charge in [-0.2, -0.15) is 8.42 Å². The van der Waals surface area contributed by atoms with Crippen molar-refractivity contribution in [2.45, 2.75) is 233 Å². The minimum absolute atomic E-state index is 0. The zero-order valence-corrected chi connectivity index (χ0v) is 77.2. The monoisotopic (exact) mass is 1860 g/mol. The van der Waals surface area contributed by atoms with E-state index in [1.807, 2.05) is 39.0 Å². The minimum Gasteiger partial charge on any atom is -0.384 e. The number of halogens is 1. The van der Waals surface area contributed by atoms with Crippen molar-refractivity contribution in [3.63, 3.8) is 0 Å². The minimum atomic E-state index is -4.39. The second-order valence-electron chi connectivity index (χ2n) is 31.8. The Kier molecular flexibility index (Phi) is 48.2. The van der Waals surface area contributed by atoms with Crippen molar-refractivity contribution in [2.24, 2.45) is 9.66 Å². The fraction of sp³-hybridized carbons (Fsp3) is 0.482. The Labute approximate surface area is 769 Å². The Balaban J connectivity index is 0. The van der Waals surface area contributed by atoms with Crippen LogP contribution in [0.4, 0.5) is 58.1 Å². The number of aliphatic hydroxyl groups is 1. The average molecular weight is 1860 g/mol. The van der Waals surface area contributed by atoms with Gasteiger partial charge in [0.1, 0.15) is 42.7 Å². The van der Waals surface area contributed by atoms with E-state index in [4.69, 9.17) is 70.6 Å². The Morgan fingerprint density at radius 1 is 0.476 bits per heavy atom. The molecule has 36 nitrogen and oxygen atoms in total. The SMILES string of the molecule is C.C.C.C.C1CCOC1.CC(C)(C)OC(=O)N1CCc2cccc(S(=O)(=O)Cl)c21.CC(C)(C)OC(=O)N1CCc2cccc(S(=O)(=O)N=[N+]=[N-])c21.CC(C)(C)OC(=O)N1CCc2cccc(S(=O)(=O)O)c21.CC(C)(C)OC(=O)N1CCc2cccc(S(N)(=O)=O)c21.CC(C)(C)OC(=O)N1CCc2ccccc21.N.O=BC#CO.[N-]=[N+]=[N-].[Na+].c1ccc2c(c1)CCN2. The van der Waals surface area contributed by atoms with E-state index in [0.29, 0.717) is 88.1 Å².